The zero-order valence-electron chi connectivity index (χ0n) is 4.46. The maximum atomic E-state index is 9.84. The summed E-state index contributed by atoms with van der Waals surface area (Å²) in [6.07, 6.45) is 0. The lowest BCUT2D eigenvalue weighted by atomic mass is 10.1. The van der Waals surface area contributed by atoms with Crippen LogP contribution in [0, 0.1) is 0 Å². The molecule has 0 aliphatic heterocycles. The van der Waals surface area contributed by atoms with Crippen molar-refractivity contribution in [1.29, 1.82) is 0 Å². The lowest BCUT2D eigenvalue weighted by Gasteiger charge is -2.12. The SMILES string of the molecule is CC(O)(CO)C(=O)O. The van der Waals surface area contributed by atoms with E-state index in [4.69, 9.17) is 15.3 Å². The van der Waals surface area contributed by atoms with Crippen LogP contribution in [0.1, 0.15) is 6.92 Å². The molecule has 0 heterocycles. The normalized spacial score (nSPS) is 17.4. The van der Waals surface area contributed by atoms with Gasteiger partial charge < -0.3 is 15.3 Å². The molecule has 0 aliphatic carbocycles. The molecule has 0 aromatic carbocycles. The molecule has 0 saturated carbocycles. The molecule has 0 aromatic heterocycles. The summed E-state index contributed by atoms with van der Waals surface area (Å²) in [5, 5.41) is 24.7. The van der Waals surface area contributed by atoms with Gasteiger partial charge in [0, 0.05) is 0 Å². The van der Waals surface area contributed by atoms with Gasteiger partial charge in [0.15, 0.2) is 5.60 Å². The van der Waals surface area contributed by atoms with Gasteiger partial charge in [-0.3, -0.25) is 0 Å². The predicted octanol–water partition coefficient (Wildman–Crippen LogP) is -1.19. The quantitative estimate of drug-likeness (QED) is 0.428. The molecule has 0 spiro atoms. The van der Waals surface area contributed by atoms with E-state index in [1.165, 1.54) is 0 Å². The van der Waals surface area contributed by atoms with Crippen LogP contribution in [0.3, 0.4) is 0 Å². The van der Waals surface area contributed by atoms with E-state index in [1.807, 2.05) is 0 Å². The van der Waals surface area contributed by atoms with Crippen LogP contribution in [0.15, 0.2) is 0 Å². The van der Waals surface area contributed by atoms with E-state index in [1.54, 1.807) is 0 Å². The molecular weight excluding hydrogens is 112 g/mol. The van der Waals surface area contributed by atoms with Gasteiger partial charge in [-0.1, -0.05) is 0 Å². The minimum Gasteiger partial charge on any atom is -0.479 e. The number of aliphatic hydroxyl groups excluding tert-OH is 1. The third-order valence-electron chi connectivity index (χ3n) is 0.769. The molecule has 0 rings (SSSR count). The number of carboxylic acids is 1. The van der Waals surface area contributed by atoms with Gasteiger partial charge >= 0.3 is 5.97 Å². The van der Waals surface area contributed by atoms with Crippen molar-refractivity contribution in [2.45, 2.75) is 12.5 Å². The van der Waals surface area contributed by atoms with Gasteiger partial charge in [-0.2, -0.15) is 0 Å². The van der Waals surface area contributed by atoms with E-state index in [-0.39, 0.29) is 0 Å². The second kappa shape index (κ2) is 2.11. The van der Waals surface area contributed by atoms with Crippen molar-refractivity contribution in [2.24, 2.45) is 0 Å². The van der Waals surface area contributed by atoms with Crippen molar-refractivity contribution >= 4 is 5.97 Å². The Morgan fingerprint density at radius 2 is 2.12 bits per heavy atom. The van der Waals surface area contributed by atoms with E-state index in [0.29, 0.717) is 0 Å². The monoisotopic (exact) mass is 120 g/mol. The lowest BCUT2D eigenvalue weighted by Crippen LogP contribution is -2.38. The molecule has 4 heteroatoms. The van der Waals surface area contributed by atoms with Crippen LogP contribution in [-0.2, 0) is 4.79 Å². The summed E-state index contributed by atoms with van der Waals surface area (Å²) in [6.45, 7) is 0.262. The minimum atomic E-state index is -1.99. The summed E-state index contributed by atoms with van der Waals surface area (Å²) in [6, 6.07) is 0. The van der Waals surface area contributed by atoms with Crippen molar-refractivity contribution in [2.75, 3.05) is 6.61 Å². The molecule has 0 saturated heterocycles. The zero-order chi connectivity index (χ0) is 6.78. The number of rotatable bonds is 2. The Labute approximate surface area is 46.4 Å². The molecule has 0 aromatic rings. The molecule has 0 bridgehead atoms. The van der Waals surface area contributed by atoms with Crippen molar-refractivity contribution in [3.8, 4) is 0 Å². The highest BCUT2D eigenvalue weighted by Gasteiger charge is 2.28. The number of carbonyl (C=O) groups is 1. The Morgan fingerprint density at radius 3 is 2.12 bits per heavy atom. The smallest absolute Gasteiger partial charge is 0.337 e. The van der Waals surface area contributed by atoms with Crippen LogP contribution in [0.5, 0.6) is 0 Å². The molecular formula is C4H8O4. The van der Waals surface area contributed by atoms with Gasteiger partial charge in [0.2, 0.25) is 0 Å². The first kappa shape index (κ1) is 7.39. The van der Waals surface area contributed by atoms with E-state index < -0.39 is 18.2 Å². The average Bonchev–Trinajstić information content (AvgIpc) is 1.67. The topological polar surface area (TPSA) is 77.8 Å². The number of aliphatic hydroxyl groups is 2. The number of carboxylic acid groups (broad SMARTS) is 1. The molecule has 0 fully saturated rings. The van der Waals surface area contributed by atoms with E-state index in [2.05, 4.69) is 0 Å². The van der Waals surface area contributed by atoms with Crippen molar-refractivity contribution < 1.29 is 20.1 Å². The summed E-state index contributed by atoms with van der Waals surface area (Å²) < 4.78 is 0. The molecule has 1 unspecified atom stereocenters. The van der Waals surface area contributed by atoms with Crippen LogP contribution < -0.4 is 0 Å². The largest absolute Gasteiger partial charge is 0.479 e. The highest BCUT2D eigenvalue weighted by Crippen LogP contribution is 1.99. The maximum Gasteiger partial charge on any atom is 0.337 e. The fourth-order valence-electron chi connectivity index (χ4n) is 0.0676. The molecule has 0 radical (unpaired) electrons. The van der Waals surface area contributed by atoms with Crippen LogP contribution in [-0.4, -0.2) is 33.5 Å². The zero-order valence-corrected chi connectivity index (χ0v) is 4.46. The first-order chi connectivity index (χ1) is 3.50. The number of hydrogen-bond donors (Lipinski definition) is 3. The van der Waals surface area contributed by atoms with E-state index in [9.17, 15) is 4.79 Å². The van der Waals surface area contributed by atoms with Crippen LogP contribution in [0.25, 0.3) is 0 Å². The first-order valence-electron chi connectivity index (χ1n) is 2.07. The van der Waals surface area contributed by atoms with Gasteiger partial charge in [0.1, 0.15) is 0 Å². The molecule has 1 atom stereocenters. The summed E-state index contributed by atoms with van der Waals surface area (Å²) >= 11 is 0. The van der Waals surface area contributed by atoms with Gasteiger partial charge in [-0.15, -0.1) is 0 Å². The Hall–Kier alpha value is -0.610. The number of aliphatic carboxylic acids is 1. The minimum absolute atomic E-state index is 0.762. The average molecular weight is 120 g/mol. The van der Waals surface area contributed by atoms with Crippen LogP contribution in [0.4, 0.5) is 0 Å². The molecule has 8 heavy (non-hydrogen) atoms. The van der Waals surface area contributed by atoms with Crippen LogP contribution >= 0.6 is 0 Å². The Bertz CT molecular complexity index is 96.2. The molecule has 0 aliphatic rings. The predicted molar refractivity (Wildman–Crippen MR) is 25.3 cm³/mol. The van der Waals surface area contributed by atoms with Gasteiger partial charge in [-0.05, 0) is 6.92 Å². The van der Waals surface area contributed by atoms with E-state index >= 15 is 0 Å². The fourth-order valence-corrected chi connectivity index (χ4v) is 0.0676. The van der Waals surface area contributed by atoms with Crippen molar-refractivity contribution in [3.63, 3.8) is 0 Å². The summed E-state index contributed by atoms with van der Waals surface area (Å²) in [4.78, 5) is 9.84. The summed E-state index contributed by atoms with van der Waals surface area (Å²) in [5.74, 6) is -1.42. The van der Waals surface area contributed by atoms with E-state index in [0.717, 1.165) is 6.92 Å². The molecule has 0 amide bonds. The molecule has 48 valence electrons. The fraction of sp³-hybridized carbons (Fsp3) is 0.750. The van der Waals surface area contributed by atoms with Crippen molar-refractivity contribution in [1.82, 2.24) is 0 Å². The number of hydrogen-bond acceptors (Lipinski definition) is 3. The second-order valence-electron chi connectivity index (χ2n) is 1.74. The standard InChI is InChI=1S/C4H8O4/c1-4(8,2-5)3(6)7/h5,8H,2H2,1H3,(H,6,7). The Balaban J connectivity index is 3.91. The highest BCUT2D eigenvalue weighted by atomic mass is 16.4. The highest BCUT2D eigenvalue weighted by molar-refractivity contribution is 5.76. The second-order valence-corrected chi connectivity index (χ2v) is 1.74. The Morgan fingerprint density at radius 1 is 1.75 bits per heavy atom. The van der Waals surface area contributed by atoms with Gasteiger partial charge in [-0.25, -0.2) is 4.79 Å². The summed E-state index contributed by atoms with van der Waals surface area (Å²) in [5.41, 5.74) is -1.99. The summed E-state index contributed by atoms with van der Waals surface area (Å²) in [7, 11) is 0. The van der Waals surface area contributed by atoms with Crippen LogP contribution in [0.2, 0.25) is 0 Å². The van der Waals surface area contributed by atoms with Gasteiger partial charge in [0.05, 0.1) is 6.61 Å². The molecule has 3 N–H and O–H groups in total. The lowest BCUT2D eigenvalue weighted by molar-refractivity contribution is -0.160. The Kier molecular flexibility index (Phi) is 1.94. The van der Waals surface area contributed by atoms with Gasteiger partial charge in [0.25, 0.3) is 0 Å². The third kappa shape index (κ3) is 1.48. The van der Waals surface area contributed by atoms with Crippen molar-refractivity contribution in [3.05, 3.63) is 0 Å². The maximum absolute atomic E-state index is 9.84. The first-order valence-corrected chi connectivity index (χ1v) is 2.07. The third-order valence-corrected chi connectivity index (χ3v) is 0.769. The molecule has 4 nitrogen and oxygen atoms in total.